The molecule has 72 valence electrons. The van der Waals surface area contributed by atoms with Crippen molar-refractivity contribution in [1.82, 2.24) is 0 Å². The normalized spacial score (nSPS) is 10.7. The smallest absolute Gasteiger partial charge is 0.346 e. The molecule has 0 aliphatic rings. The zero-order chi connectivity index (χ0) is 10.3. The summed E-state index contributed by atoms with van der Waals surface area (Å²) >= 11 is 4.69. The summed E-state index contributed by atoms with van der Waals surface area (Å²) in [6, 6.07) is 5.81. The SMILES string of the molecule is Cc1c(C(=O)O)sc2ccc(Br)cc12. The molecule has 0 atom stereocenters. The minimum Gasteiger partial charge on any atom is -0.477 e. The first-order chi connectivity index (χ1) is 6.59. The lowest BCUT2D eigenvalue weighted by atomic mass is 10.1. The molecule has 0 aliphatic carbocycles. The summed E-state index contributed by atoms with van der Waals surface area (Å²) in [5.41, 5.74) is 0.846. The lowest BCUT2D eigenvalue weighted by molar-refractivity contribution is 0.0701. The third-order valence-electron chi connectivity index (χ3n) is 2.09. The molecule has 0 saturated heterocycles. The number of carbonyl (C=O) groups is 1. The van der Waals surface area contributed by atoms with E-state index >= 15 is 0 Å². The first-order valence-electron chi connectivity index (χ1n) is 4.01. The molecule has 0 radical (unpaired) electrons. The molecule has 0 aliphatic heterocycles. The minimum absolute atomic E-state index is 0.429. The zero-order valence-electron chi connectivity index (χ0n) is 7.37. The molecule has 14 heavy (non-hydrogen) atoms. The standard InChI is InChI=1S/C10H7BrO2S/c1-5-7-4-6(11)2-3-8(7)14-9(5)10(12)13/h2-4H,1H3,(H,12,13). The van der Waals surface area contributed by atoms with Crippen molar-refractivity contribution in [2.24, 2.45) is 0 Å². The number of benzene rings is 1. The first kappa shape index (κ1) is 9.68. The van der Waals surface area contributed by atoms with Crippen LogP contribution in [0.3, 0.4) is 0 Å². The number of carboxylic acids is 1. The van der Waals surface area contributed by atoms with Crippen LogP contribution in [0.25, 0.3) is 10.1 Å². The summed E-state index contributed by atoms with van der Waals surface area (Å²) in [4.78, 5) is 11.3. The van der Waals surface area contributed by atoms with Crippen LogP contribution in [-0.4, -0.2) is 11.1 Å². The maximum Gasteiger partial charge on any atom is 0.346 e. The second-order valence-electron chi connectivity index (χ2n) is 3.00. The number of carboxylic acid groups (broad SMARTS) is 1. The van der Waals surface area contributed by atoms with Gasteiger partial charge in [-0.15, -0.1) is 11.3 Å². The number of fused-ring (bicyclic) bond motifs is 1. The largest absolute Gasteiger partial charge is 0.477 e. The van der Waals surface area contributed by atoms with Gasteiger partial charge in [-0.2, -0.15) is 0 Å². The molecule has 0 unspecified atom stereocenters. The van der Waals surface area contributed by atoms with Crippen LogP contribution in [0.5, 0.6) is 0 Å². The van der Waals surface area contributed by atoms with Gasteiger partial charge in [-0.1, -0.05) is 15.9 Å². The van der Waals surface area contributed by atoms with E-state index in [1.54, 1.807) is 0 Å². The lowest BCUT2D eigenvalue weighted by Gasteiger charge is -1.92. The van der Waals surface area contributed by atoms with E-state index in [4.69, 9.17) is 5.11 Å². The van der Waals surface area contributed by atoms with Crippen LogP contribution in [-0.2, 0) is 0 Å². The van der Waals surface area contributed by atoms with Gasteiger partial charge in [0.2, 0.25) is 0 Å². The van der Waals surface area contributed by atoms with Gasteiger partial charge in [0.25, 0.3) is 0 Å². The summed E-state index contributed by atoms with van der Waals surface area (Å²) in [6.07, 6.45) is 0. The Balaban J connectivity index is 2.80. The minimum atomic E-state index is -0.847. The monoisotopic (exact) mass is 270 g/mol. The van der Waals surface area contributed by atoms with Gasteiger partial charge in [-0.05, 0) is 36.1 Å². The van der Waals surface area contributed by atoms with Crippen LogP contribution in [0.1, 0.15) is 15.2 Å². The molecule has 1 aromatic carbocycles. The van der Waals surface area contributed by atoms with Crippen LogP contribution >= 0.6 is 27.3 Å². The Morgan fingerprint density at radius 1 is 1.50 bits per heavy atom. The van der Waals surface area contributed by atoms with E-state index in [-0.39, 0.29) is 0 Å². The fourth-order valence-electron chi connectivity index (χ4n) is 1.40. The third-order valence-corrected chi connectivity index (χ3v) is 3.85. The van der Waals surface area contributed by atoms with Gasteiger partial charge in [0.15, 0.2) is 0 Å². The molecule has 1 heterocycles. The predicted molar refractivity (Wildman–Crippen MR) is 61.2 cm³/mol. The van der Waals surface area contributed by atoms with Crippen LogP contribution in [0.4, 0.5) is 0 Å². The van der Waals surface area contributed by atoms with Gasteiger partial charge < -0.3 is 5.11 Å². The summed E-state index contributed by atoms with van der Waals surface area (Å²) in [7, 11) is 0. The summed E-state index contributed by atoms with van der Waals surface area (Å²) in [5, 5.41) is 9.95. The molecule has 2 nitrogen and oxygen atoms in total. The van der Waals surface area contributed by atoms with E-state index in [9.17, 15) is 4.79 Å². The van der Waals surface area contributed by atoms with Crippen LogP contribution in [0.15, 0.2) is 22.7 Å². The van der Waals surface area contributed by atoms with Crippen molar-refractivity contribution in [2.75, 3.05) is 0 Å². The quantitative estimate of drug-likeness (QED) is 0.859. The number of rotatable bonds is 1. The van der Waals surface area contributed by atoms with Crippen molar-refractivity contribution in [3.8, 4) is 0 Å². The average Bonchev–Trinajstić information content (AvgIpc) is 2.44. The highest BCUT2D eigenvalue weighted by atomic mass is 79.9. The number of hydrogen-bond donors (Lipinski definition) is 1. The van der Waals surface area contributed by atoms with Crippen molar-refractivity contribution in [3.05, 3.63) is 33.1 Å². The van der Waals surface area contributed by atoms with Gasteiger partial charge in [0.1, 0.15) is 4.88 Å². The van der Waals surface area contributed by atoms with Crippen molar-refractivity contribution in [2.45, 2.75) is 6.92 Å². The van der Waals surface area contributed by atoms with E-state index in [0.717, 1.165) is 20.1 Å². The molecule has 1 aromatic heterocycles. The van der Waals surface area contributed by atoms with E-state index in [1.165, 1.54) is 11.3 Å². The summed E-state index contributed by atoms with van der Waals surface area (Å²) in [5.74, 6) is -0.847. The summed E-state index contributed by atoms with van der Waals surface area (Å²) in [6.45, 7) is 1.84. The molecule has 2 aromatic rings. The second kappa shape index (κ2) is 3.37. The summed E-state index contributed by atoms with van der Waals surface area (Å²) < 4.78 is 1.99. The van der Waals surface area contributed by atoms with Crippen molar-refractivity contribution in [3.63, 3.8) is 0 Å². The molecule has 0 saturated carbocycles. The fraction of sp³-hybridized carbons (Fsp3) is 0.100. The van der Waals surface area contributed by atoms with Crippen molar-refractivity contribution in [1.29, 1.82) is 0 Å². The van der Waals surface area contributed by atoms with Gasteiger partial charge in [-0.3, -0.25) is 0 Å². The van der Waals surface area contributed by atoms with Gasteiger partial charge >= 0.3 is 5.97 Å². The third kappa shape index (κ3) is 1.44. The lowest BCUT2D eigenvalue weighted by Crippen LogP contribution is -1.93. The Morgan fingerprint density at radius 2 is 2.21 bits per heavy atom. The molecule has 1 N–H and O–H groups in total. The number of halogens is 1. The van der Waals surface area contributed by atoms with Crippen molar-refractivity contribution >= 4 is 43.3 Å². The van der Waals surface area contributed by atoms with Crippen molar-refractivity contribution < 1.29 is 9.90 Å². The molecule has 0 fully saturated rings. The average molecular weight is 271 g/mol. The number of aromatic carboxylic acids is 1. The Labute approximate surface area is 93.3 Å². The Bertz CT molecular complexity index is 516. The number of thiophene rings is 1. The van der Waals surface area contributed by atoms with E-state index < -0.39 is 5.97 Å². The van der Waals surface area contributed by atoms with Crippen LogP contribution in [0, 0.1) is 6.92 Å². The Hall–Kier alpha value is -0.870. The highest BCUT2D eigenvalue weighted by Crippen LogP contribution is 2.32. The van der Waals surface area contributed by atoms with Gasteiger partial charge in [-0.25, -0.2) is 4.79 Å². The molecule has 0 amide bonds. The first-order valence-corrected chi connectivity index (χ1v) is 5.62. The highest BCUT2D eigenvalue weighted by Gasteiger charge is 2.13. The predicted octanol–water partition coefficient (Wildman–Crippen LogP) is 3.67. The highest BCUT2D eigenvalue weighted by molar-refractivity contribution is 9.10. The topological polar surface area (TPSA) is 37.3 Å². The number of hydrogen-bond acceptors (Lipinski definition) is 2. The van der Waals surface area contributed by atoms with Crippen LogP contribution in [0.2, 0.25) is 0 Å². The Kier molecular flexibility index (Phi) is 2.33. The molecule has 0 spiro atoms. The second-order valence-corrected chi connectivity index (χ2v) is 4.97. The van der Waals surface area contributed by atoms with E-state index in [2.05, 4.69) is 15.9 Å². The fourth-order valence-corrected chi connectivity index (χ4v) is 2.79. The van der Waals surface area contributed by atoms with Gasteiger partial charge in [0, 0.05) is 9.17 Å². The van der Waals surface area contributed by atoms with E-state index in [0.29, 0.717) is 4.88 Å². The van der Waals surface area contributed by atoms with E-state index in [1.807, 2.05) is 25.1 Å². The molecule has 4 heteroatoms. The zero-order valence-corrected chi connectivity index (χ0v) is 9.78. The van der Waals surface area contributed by atoms with Gasteiger partial charge in [0.05, 0.1) is 0 Å². The molecule has 2 rings (SSSR count). The molecular weight excluding hydrogens is 264 g/mol. The maximum absolute atomic E-state index is 10.9. The Morgan fingerprint density at radius 3 is 2.86 bits per heavy atom. The van der Waals surface area contributed by atoms with Crippen LogP contribution < -0.4 is 0 Å². The molecule has 0 bridgehead atoms. The maximum atomic E-state index is 10.9. The molecular formula is C10H7BrO2S. The number of aryl methyl sites for hydroxylation is 1.